The van der Waals surface area contributed by atoms with Crippen molar-refractivity contribution in [2.24, 2.45) is 0 Å². The lowest BCUT2D eigenvalue weighted by Gasteiger charge is -2.35. The number of aliphatic hydroxyl groups is 1. The number of aliphatic hydroxyl groups excluding tert-OH is 1. The maximum Gasteiger partial charge on any atom is 0.418 e. The van der Waals surface area contributed by atoms with E-state index in [1.807, 2.05) is 24.3 Å². The first kappa shape index (κ1) is 25.1. The highest BCUT2D eigenvalue weighted by molar-refractivity contribution is 5.93. The van der Waals surface area contributed by atoms with Crippen LogP contribution in [0.25, 0.3) is 0 Å². The normalized spacial score (nSPS) is 28.1. The second-order valence-corrected chi connectivity index (χ2v) is 9.92. The Morgan fingerprint density at radius 3 is 2.57 bits per heavy atom. The Bertz CT molecular complexity index is 1230. The number of ether oxygens (including phenoxy) is 1. The summed E-state index contributed by atoms with van der Waals surface area (Å²) in [7, 11) is 0. The largest absolute Gasteiger partial charge is 0.446 e. The molecule has 1 saturated carbocycles. The van der Waals surface area contributed by atoms with E-state index in [-0.39, 0.29) is 18.2 Å². The molecule has 2 heterocycles. The van der Waals surface area contributed by atoms with E-state index in [9.17, 15) is 28.7 Å². The molecule has 3 aliphatic rings. The van der Waals surface area contributed by atoms with Crippen molar-refractivity contribution in [1.29, 1.82) is 5.26 Å². The van der Waals surface area contributed by atoms with E-state index >= 15 is 0 Å². The van der Waals surface area contributed by atoms with Crippen LogP contribution in [-0.4, -0.2) is 64.9 Å². The van der Waals surface area contributed by atoms with Crippen LogP contribution < -0.4 is 5.32 Å². The molecule has 2 aromatic carbocycles. The van der Waals surface area contributed by atoms with Crippen LogP contribution in [-0.2, 0) is 4.74 Å². The quantitative estimate of drug-likeness (QED) is 0.648. The summed E-state index contributed by atoms with van der Waals surface area (Å²) in [5.41, 5.74) is 2.04. The van der Waals surface area contributed by atoms with Crippen molar-refractivity contribution in [2.45, 2.75) is 55.8 Å². The number of halogens is 2. The summed E-state index contributed by atoms with van der Waals surface area (Å²) in [6.45, 7) is 0.650. The number of hydrogen-bond acceptors (Lipinski definition) is 6. The van der Waals surface area contributed by atoms with Crippen molar-refractivity contribution in [2.75, 3.05) is 19.7 Å². The lowest BCUT2D eigenvalue weighted by molar-refractivity contribution is 0.130. The van der Waals surface area contributed by atoms with Gasteiger partial charge in [0.05, 0.1) is 23.8 Å². The molecule has 3 amide bonds. The molecule has 194 valence electrons. The lowest BCUT2D eigenvalue weighted by Crippen LogP contribution is -2.50. The third kappa shape index (κ3) is 5.02. The molecule has 37 heavy (non-hydrogen) atoms. The maximum atomic E-state index is 13.7. The van der Waals surface area contributed by atoms with Crippen LogP contribution in [0.5, 0.6) is 0 Å². The van der Waals surface area contributed by atoms with Crippen molar-refractivity contribution < 1.29 is 28.2 Å². The summed E-state index contributed by atoms with van der Waals surface area (Å²) >= 11 is 0. The molecule has 3 atom stereocenters. The minimum Gasteiger partial charge on any atom is -0.446 e. The van der Waals surface area contributed by atoms with Crippen molar-refractivity contribution in [3.63, 3.8) is 0 Å². The fourth-order valence-corrected chi connectivity index (χ4v) is 5.80. The van der Waals surface area contributed by atoms with Gasteiger partial charge < -0.3 is 15.2 Å². The van der Waals surface area contributed by atoms with Crippen LogP contribution in [0.15, 0.2) is 42.5 Å². The zero-order valence-corrected chi connectivity index (χ0v) is 20.1. The Balaban J connectivity index is 1.19. The molecule has 10 heteroatoms. The molecule has 2 N–H and O–H groups in total. The number of β-amino-alcohol motifs (C(OH)–C–C–N with tert-alkyl or cyclic N) is 1. The van der Waals surface area contributed by atoms with Crippen molar-refractivity contribution in [1.82, 2.24) is 15.1 Å². The third-order valence-electron chi connectivity index (χ3n) is 7.78. The predicted octanol–water partition coefficient (Wildman–Crippen LogP) is 3.81. The Morgan fingerprint density at radius 1 is 1.08 bits per heavy atom. The van der Waals surface area contributed by atoms with Gasteiger partial charge in [0.1, 0.15) is 12.6 Å². The molecular formula is C27H28F2N4O4. The van der Waals surface area contributed by atoms with E-state index in [1.165, 1.54) is 6.07 Å². The molecule has 8 nitrogen and oxygen atoms in total. The number of amides is 3. The van der Waals surface area contributed by atoms with Gasteiger partial charge in [0.15, 0.2) is 11.6 Å². The average Bonchev–Trinajstić information content (AvgIpc) is 3.48. The number of benzene rings is 2. The first-order valence-electron chi connectivity index (χ1n) is 12.5. The highest BCUT2D eigenvalue weighted by Gasteiger charge is 2.43. The van der Waals surface area contributed by atoms with Gasteiger partial charge in [-0.3, -0.25) is 4.90 Å². The van der Waals surface area contributed by atoms with Crippen molar-refractivity contribution in [3.8, 4) is 6.07 Å². The molecule has 3 unspecified atom stereocenters. The molecule has 1 aliphatic carbocycles. The van der Waals surface area contributed by atoms with Crippen LogP contribution in [0.3, 0.4) is 0 Å². The molecule has 5 rings (SSSR count). The van der Waals surface area contributed by atoms with E-state index < -0.39 is 41.9 Å². The Morgan fingerprint density at radius 2 is 1.84 bits per heavy atom. The number of nitrogens with zero attached hydrogens (tertiary/aromatic N) is 3. The topological polar surface area (TPSA) is 106 Å². The number of rotatable bonds is 4. The van der Waals surface area contributed by atoms with Crippen LogP contribution in [0.1, 0.15) is 54.3 Å². The van der Waals surface area contributed by atoms with E-state index in [2.05, 4.69) is 16.3 Å². The van der Waals surface area contributed by atoms with Crippen molar-refractivity contribution >= 4 is 12.1 Å². The first-order chi connectivity index (χ1) is 17.9. The molecule has 0 bridgehead atoms. The highest BCUT2D eigenvalue weighted by atomic mass is 19.2. The van der Waals surface area contributed by atoms with Crippen LogP contribution >= 0.6 is 0 Å². The van der Waals surface area contributed by atoms with Gasteiger partial charge in [-0.25, -0.2) is 23.3 Å². The highest BCUT2D eigenvalue weighted by Crippen LogP contribution is 2.37. The summed E-state index contributed by atoms with van der Waals surface area (Å²) in [6, 6.07) is 11.2. The maximum absolute atomic E-state index is 13.7. The molecule has 2 aliphatic heterocycles. The fraction of sp³-hybridized carbons (Fsp3) is 0.444. The Hall–Kier alpha value is -3.55. The van der Waals surface area contributed by atoms with E-state index in [1.54, 1.807) is 0 Å². The van der Waals surface area contributed by atoms with Gasteiger partial charge in [0.25, 0.3) is 0 Å². The van der Waals surface area contributed by atoms with Gasteiger partial charge in [-0.05, 0) is 60.9 Å². The van der Waals surface area contributed by atoms with E-state index in [0.29, 0.717) is 24.6 Å². The number of cyclic esters (lactones) is 1. The van der Waals surface area contributed by atoms with Crippen LogP contribution in [0, 0.1) is 23.0 Å². The minimum atomic E-state index is -1.08. The number of likely N-dealkylation sites (tertiary alicyclic amines) is 1. The number of hydrogen-bond donors (Lipinski definition) is 2. The molecule has 2 aromatic rings. The summed E-state index contributed by atoms with van der Waals surface area (Å²) < 4.78 is 32.1. The summed E-state index contributed by atoms with van der Waals surface area (Å²) in [4.78, 5) is 28.3. The molecule has 0 radical (unpaired) electrons. The average molecular weight is 511 g/mol. The Labute approximate surface area is 213 Å². The number of nitrogens with one attached hydrogen (secondary N) is 1. The monoisotopic (exact) mass is 510 g/mol. The van der Waals surface area contributed by atoms with Crippen LogP contribution in [0.2, 0.25) is 0 Å². The van der Waals surface area contributed by atoms with E-state index in [4.69, 9.17) is 4.74 Å². The van der Waals surface area contributed by atoms with Gasteiger partial charge in [-0.2, -0.15) is 5.26 Å². The third-order valence-corrected chi connectivity index (χ3v) is 7.78. The lowest BCUT2D eigenvalue weighted by atomic mass is 9.80. The molecule has 0 spiro atoms. The molecule has 2 saturated heterocycles. The summed E-state index contributed by atoms with van der Waals surface area (Å²) in [5.74, 6) is -1.78. The molecule has 0 aromatic heterocycles. The zero-order valence-electron chi connectivity index (χ0n) is 20.1. The van der Waals surface area contributed by atoms with Gasteiger partial charge >= 0.3 is 12.1 Å². The number of carbonyl (C=O) groups excluding carboxylic acids is 2. The van der Waals surface area contributed by atoms with Gasteiger partial charge in [-0.15, -0.1) is 0 Å². The fourth-order valence-electron chi connectivity index (χ4n) is 5.80. The summed E-state index contributed by atoms with van der Waals surface area (Å²) in [5, 5.41) is 22.8. The summed E-state index contributed by atoms with van der Waals surface area (Å²) in [6.07, 6.45) is 1.99. The second-order valence-electron chi connectivity index (χ2n) is 9.92. The SMILES string of the molecule is N#Cc1ccccc1C1CCC(N2CC(O)C(NC(=O)N3C(=O)OCC3c3ccc(F)c(F)c3)C2)CC1. The Kier molecular flexibility index (Phi) is 7.09. The van der Waals surface area contributed by atoms with Gasteiger partial charge in [0.2, 0.25) is 0 Å². The van der Waals surface area contributed by atoms with Crippen LogP contribution in [0.4, 0.5) is 18.4 Å². The molecular weight excluding hydrogens is 482 g/mol. The first-order valence-corrected chi connectivity index (χ1v) is 12.5. The standard InChI is InChI=1S/C27H28F2N4O4/c28-21-10-7-17(11-22(21)29)24-15-37-27(36)33(24)26(35)31-23-13-32(14-25(23)34)19-8-5-16(6-9-19)20-4-2-1-3-18(20)12-30/h1-4,7,10-11,16,19,23-25,34H,5-6,8-9,13-15H2,(H,31,35). The smallest absolute Gasteiger partial charge is 0.418 e. The number of carbonyl (C=O) groups is 2. The number of urea groups is 1. The molecule has 3 fully saturated rings. The number of imide groups is 1. The van der Waals surface area contributed by atoms with Gasteiger partial charge in [0, 0.05) is 19.1 Å². The van der Waals surface area contributed by atoms with Gasteiger partial charge in [-0.1, -0.05) is 24.3 Å². The second kappa shape index (κ2) is 10.4. The minimum absolute atomic E-state index is 0.172. The van der Waals surface area contributed by atoms with Crippen molar-refractivity contribution in [3.05, 3.63) is 70.8 Å². The van der Waals surface area contributed by atoms with E-state index in [0.717, 1.165) is 48.3 Å². The number of nitriles is 1. The zero-order chi connectivity index (χ0) is 26.1. The predicted molar refractivity (Wildman–Crippen MR) is 128 cm³/mol.